The Morgan fingerprint density at radius 3 is 3.00 bits per heavy atom. The van der Waals surface area contributed by atoms with Crippen LogP contribution >= 0.6 is 11.8 Å². The van der Waals surface area contributed by atoms with E-state index in [9.17, 15) is 4.79 Å². The van der Waals surface area contributed by atoms with Gasteiger partial charge in [0.15, 0.2) is 0 Å². The lowest BCUT2D eigenvalue weighted by atomic mass is 9.90. The Kier molecular flexibility index (Phi) is 4.88. The van der Waals surface area contributed by atoms with E-state index < -0.39 is 0 Å². The SMILES string of the molecule is Cc1c([C@@H](C)NC(=O)NC2CCOC3(CCSC3)C2)oc2ccccc12. The molecule has 140 valence electrons. The largest absolute Gasteiger partial charge is 0.459 e. The van der Waals surface area contributed by atoms with E-state index in [-0.39, 0.29) is 23.7 Å². The van der Waals surface area contributed by atoms with Gasteiger partial charge < -0.3 is 19.8 Å². The summed E-state index contributed by atoms with van der Waals surface area (Å²) >= 11 is 1.95. The minimum atomic E-state index is -0.182. The Labute approximate surface area is 158 Å². The second kappa shape index (κ2) is 7.16. The first kappa shape index (κ1) is 17.7. The molecule has 4 rings (SSSR count). The van der Waals surface area contributed by atoms with Crippen molar-refractivity contribution in [3.63, 3.8) is 0 Å². The van der Waals surface area contributed by atoms with Crippen LogP contribution in [0, 0.1) is 6.92 Å². The van der Waals surface area contributed by atoms with Crippen LogP contribution in [0.1, 0.15) is 43.6 Å². The van der Waals surface area contributed by atoms with Crippen LogP contribution in [-0.4, -0.2) is 35.8 Å². The summed E-state index contributed by atoms with van der Waals surface area (Å²) in [5.74, 6) is 3.01. The maximum absolute atomic E-state index is 12.5. The van der Waals surface area contributed by atoms with E-state index in [0.29, 0.717) is 0 Å². The van der Waals surface area contributed by atoms with Crippen LogP contribution in [0.2, 0.25) is 0 Å². The summed E-state index contributed by atoms with van der Waals surface area (Å²) in [7, 11) is 0. The van der Waals surface area contributed by atoms with Crippen LogP contribution in [0.3, 0.4) is 0 Å². The molecule has 26 heavy (non-hydrogen) atoms. The van der Waals surface area contributed by atoms with E-state index in [1.807, 2.05) is 49.9 Å². The third-order valence-corrected chi connectivity index (χ3v) is 6.74. The van der Waals surface area contributed by atoms with E-state index in [2.05, 4.69) is 10.6 Å². The fraction of sp³-hybridized carbons (Fsp3) is 0.550. The molecule has 2 N–H and O–H groups in total. The van der Waals surface area contributed by atoms with Crippen molar-refractivity contribution in [3.05, 3.63) is 35.6 Å². The topological polar surface area (TPSA) is 63.5 Å². The minimum Gasteiger partial charge on any atom is -0.459 e. The van der Waals surface area contributed by atoms with Crippen LogP contribution in [0.15, 0.2) is 28.7 Å². The highest BCUT2D eigenvalue weighted by molar-refractivity contribution is 7.99. The van der Waals surface area contributed by atoms with Gasteiger partial charge in [-0.15, -0.1) is 0 Å². The molecule has 1 spiro atoms. The number of hydrogen-bond acceptors (Lipinski definition) is 4. The molecule has 3 heterocycles. The van der Waals surface area contributed by atoms with Gasteiger partial charge in [-0.3, -0.25) is 0 Å². The predicted octanol–water partition coefficient (Wildman–Crippen LogP) is 4.16. The highest BCUT2D eigenvalue weighted by atomic mass is 32.2. The molecule has 5 nitrogen and oxygen atoms in total. The third kappa shape index (κ3) is 3.45. The Bertz CT molecular complexity index is 797. The molecule has 0 aliphatic carbocycles. The summed E-state index contributed by atoms with van der Waals surface area (Å²) in [5, 5.41) is 7.28. The molecule has 2 unspecified atom stereocenters. The Hall–Kier alpha value is -1.66. The third-order valence-electron chi connectivity index (χ3n) is 5.52. The zero-order valence-electron chi connectivity index (χ0n) is 15.3. The number of carbonyl (C=O) groups excluding carboxylic acids is 1. The number of carbonyl (C=O) groups is 1. The van der Waals surface area contributed by atoms with E-state index >= 15 is 0 Å². The van der Waals surface area contributed by atoms with Crippen molar-refractivity contribution >= 4 is 28.8 Å². The number of para-hydroxylation sites is 1. The molecule has 2 aliphatic heterocycles. The van der Waals surface area contributed by atoms with Crippen molar-refractivity contribution in [2.75, 3.05) is 18.1 Å². The maximum atomic E-state index is 12.5. The Balaban J connectivity index is 1.38. The van der Waals surface area contributed by atoms with Crippen LogP contribution in [0.5, 0.6) is 0 Å². The van der Waals surface area contributed by atoms with E-state index in [1.54, 1.807) is 0 Å². The van der Waals surface area contributed by atoms with Crippen LogP contribution in [0.25, 0.3) is 11.0 Å². The van der Waals surface area contributed by atoms with Crippen LogP contribution < -0.4 is 10.6 Å². The molecule has 6 heteroatoms. The zero-order valence-corrected chi connectivity index (χ0v) is 16.2. The molecule has 2 amide bonds. The first-order valence-corrected chi connectivity index (χ1v) is 10.5. The Morgan fingerprint density at radius 2 is 2.23 bits per heavy atom. The number of amides is 2. The fourth-order valence-corrected chi connectivity index (χ4v) is 5.49. The molecule has 2 saturated heterocycles. The predicted molar refractivity (Wildman–Crippen MR) is 105 cm³/mol. The molecule has 2 aromatic rings. The van der Waals surface area contributed by atoms with E-state index in [0.717, 1.165) is 59.7 Å². The normalized spacial score (nSPS) is 26.9. The van der Waals surface area contributed by atoms with Gasteiger partial charge in [0.1, 0.15) is 11.3 Å². The quantitative estimate of drug-likeness (QED) is 0.847. The summed E-state index contributed by atoms with van der Waals surface area (Å²) in [5.41, 5.74) is 1.92. The van der Waals surface area contributed by atoms with Gasteiger partial charge in [-0.2, -0.15) is 11.8 Å². The number of rotatable bonds is 3. The number of thioether (sulfide) groups is 1. The monoisotopic (exact) mass is 374 g/mol. The van der Waals surface area contributed by atoms with Crippen molar-refractivity contribution in [1.82, 2.24) is 10.6 Å². The van der Waals surface area contributed by atoms with Crippen molar-refractivity contribution < 1.29 is 13.9 Å². The van der Waals surface area contributed by atoms with Crippen molar-refractivity contribution in [1.29, 1.82) is 0 Å². The number of ether oxygens (including phenoxy) is 1. The van der Waals surface area contributed by atoms with Gasteiger partial charge in [0.25, 0.3) is 0 Å². The molecular formula is C20H26N2O3S. The van der Waals surface area contributed by atoms with Crippen LogP contribution in [0.4, 0.5) is 4.79 Å². The average molecular weight is 375 g/mol. The smallest absolute Gasteiger partial charge is 0.315 e. The second-order valence-corrected chi connectivity index (χ2v) is 8.56. The highest BCUT2D eigenvalue weighted by Crippen LogP contribution is 2.38. The molecule has 0 bridgehead atoms. The number of furan rings is 1. The van der Waals surface area contributed by atoms with Crippen molar-refractivity contribution in [3.8, 4) is 0 Å². The molecule has 1 aromatic heterocycles. The van der Waals surface area contributed by atoms with Gasteiger partial charge in [0.2, 0.25) is 0 Å². The molecule has 2 fully saturated rings. The van der Waals surface area contributed by atoms with Gasteiger partial charge >= 0.3 is 6.03 Å². The van der Waals surface area contributed by atoms with Gasteiger partial charge in [-0.25, -0.2) is 4.79 Å². The first-order chi connectivity index (χ1) is 12.6. The van der Waals surface area contributed by atoms with E-state index in [4.69, 9.17) is 9.15 Å². The summed E-state index contributed by atoms with van der Waals surface area (Å²) < 4.78 is 12.0. The Morgan fingerprint density at radius 1 is 1.38 bits per heavy atom. The van der Waals surface area contributed by atoms with E-state index in [1.165, 1.54) is 0 Å². The standard InChI is InChI=1S/C20H26N2O3S/c1-13-16-5-3-4-6-17(16)25-18(13)14(2)21-19(23)22-15-7-9-24-20(11-15)8-10-26-12-20/h3-6,14-15H,7-12H2,1-2H3,(H2,21,22,23)/t14-,15?,20?/m1/s1. The van der Waals surface area contributed by atoms with Crippen LogP contribution in [-0.2, 0) is 4.74 Å². The molecule has 3 atom stereocenters. The first-order valence-electron chi connectivity index (χ1n) is 9.33. The summed E-state index contributed by atoms with van der Waals surface area (Å²) in [6.45, 7) is 4.73. The average Bonchev–Trinajstić information content (AvgIpc) is 3.20. The van der Waals surface area contributed by atoms with Gasteiger partial charge in [0, 0.05) is 29.4 Å². The van der Waals surface area contributed by atoms with Gasteiger partial charge in [0.05, 0.1) is 11.6 Å². The number of fused-ring (bicyclic) bond motifs is 1. The highest BCUT2D eigenvalue weighted by Gasteiger charge is 2.40. The molecule has 0 radical (unpaired) electrons. The second-order valence-electron chi connectivity index (χ2n) is 7.45. The van der Waals surface area contributed by atoms with Gasteiger partial charge in [-0.05, 0) is 44.9 Å². The fourth-order valence-electron chi connectivity index (χ4n) is 4.11. The summed E-state index contributed by atoms with van der Waals surface area (Å²) in [6.07, 6.45) is 2.87. The minimum absolute atomic E-state index is 0.0260. The lowest BCUT2D eigenvalue weighted by molar-refractivity contribution is -0.0684. The zero-order chi connectivity index (χ0) is 18.1. The number of urea groups is 1. The molecule has 2 aliphatic rings. The molecule has 1 aromatic carbocycles. The molecule has 0 saturated carbocycles. The van der Waals surface area contributed by atoms with Gasteiger partial charge in [-0.1, -0.05) is 18.2 Å². The summed E-state index contributed by atoms with van der Waals surface area (Å²) in [4.78, 5) is 12.5. The van der Waals surface area contributed by atoms with Crippen molar-refractivity contribution in [2.45, 2.75) is 50.8 Å². The maximum Gasteiger partial charge on any atom is 0.315 e. The lowest BCUT2D eigenvalue weighted by Crippen LogP contribution is -2.51. The summed E-state index contributed by atoms with van der Waals surface area (Å²) in [6, 6.07) is 7.82. The number of nitrogens with one attached hydrogen (secondary N) is 2. The number of hydrogen-bond donors (Lipinski definition) is 2. The van der Waals surface area contributed by atoms with Crippen molar-refractivity contribution in [2.24, 2.45) is 0 Å². The number of aryl methyl sites for hydroxylation is 1. The number of benzene rings is 1. The lowest BCUT2D eigenvalue weighted by Gasteiger charge is -2.38. The molecular weight excluding hydrogens is 348 g/mol.